The van der Waals surface area contributed by atoms with Gasteiger partial charge in [0.15, 0.2) is 47.4 Å². The lowest BCUT2D eigenvalue weighted by Crippen LogP contribution is -2.37. The van der Waals surface area contributed by atoms with E-state index in [2.05, 4.69) is 42.5 Å². The molecule has 6 rings (SSSR count). The van der Waals surface area contributed by atoms with Crippen molar-refractivity contribution < 1.29 is 46.0 Å². The molecular formula is C22H26FN10O10P2S+. The number of hydrogen-bond donors (Lipinski definition) is 4. The number of anilines is 2. The summed E-state index contributed by atoms with van der Waals surface area (Å²) < 4.78 is 81.8. The minimum atomic E-state index is -3.00. The first-order valence-corrected chi connectivity index (χ1v) is 15.8. The van der Waals surface area contributed by atoms with E-state index in [1.807, 2.05) is 0 Å². The third-order valence-corrected chi connectivity index (χ3v) is 8.50. The average molecular weight is 704 g/mol. The lowest BCUT2D eigenvalue weighted by Gasteiger charge is -2.22. The summed E-state index contributed by atoms with van der Waals surface area (Å²) in [5, 5.41) is 0. The van der Waals surface area contributed by atoms with Crippen molar-refractivity contribution in [3.05, 3.63) is 29.3 Å². The maximum absolute atomic E-state index is 15.9. The number of nitrogens with zero attached hydrogens (tertiary/aromatic N) is 7. The number of nitrogens with two attached hydrogens (primary N) is 2. The first kappa shape index (κ1) is 32.6. The zero-order valence-corrected chi connectivity index (χ0v) is 26.2. The van der Waals surface area contributed by atoms with E-state index in [1.165, 1.54) is 35.2 Å². The molecule has 20 nitrogen and oxygen atoms in total. The number of methoxy groups -OCH3 is 1. The van der Waals surface area contributed by atoms with Crippen molar-refractivity contribution in [2.24, 2.45) is 0 Å². The highest BCUT2D eigenvalue weighted by Gasteiger charge is 2.53. The number of H-pyrrole nitrogens is 1. The number of aromatic nitrogens is 8. The molecule has 9 unspecified atom stereocenters. The van der Waals surface area contributed by atoms with Gasteiger partial charge in [-0.1, -0.05) is 0 Å². The molecular weight excluding hydrogens is 677 g/mol. The molecule has 0 saturated carbocycles. The van der Waals surface area contributed by atoms with Crippen LogP contribution in [-0.4, -0.2) is 102 Å². The fraction of sp³-hybridized carbons (Fsp3) is 0.545. The normalized spacial score (nSPS) is 28.5. The first-order chi connectivity index (χ1) is 22.2. The minimum absolute atomic E-state index is 0.0139. The molecule has 9 atom stereocenters. The van der Waals surface area contributed by atoms with Crippen LogP contribution in [-0.2, 0) is 41.6 Å². The third kappa shape index (κ3) is 6.08. The Morgan fingerprint density at radius 2 is 1.76 bits per heavy atom. The summed E-state index contributed by atoms with van der Waals surface area (Å²) in [6.07, 6.45) is -5.62. The molecule has 5 N–H and O–H groups in total. The number of nitrogen functional groups attached to an aromatic ring is 2. The number of thiol groups is 1. The largest absolute Gasteiger partial charge is 0.697 e. The van der Waals surface area contributed by atoms with Crippen LogP contribution < -0.4 is 17.0 Å². The second-order valence-electron chi connectivity index (χ2n) is 9.85. The summed E-state index contributed by atoms with van der Waals surface area (Å²) in [5.41, 5.74) is 11.6. The molecule has 0 radical (unpaired) electrons. The van der Waals surface area contributed by atoms with E-state index in [0.717, 1.165) is 0 Å². The molecule has 0 spiro atoms. The van der Waals surface area contributed by atoms with Gasteiger partial charge in [-0.05, 0) is 0 Å². The highest BCUT2D eigenvalue weighted by Crippen LogP contribution is 2.42. The van der Waals surface area contributed by atoms with E-state index in [0.29, 0.717) is 0 Å². The van der Waals surface area contributed by atoms with Crippen molar-refractivity contribution >= 4 is 63.7 Å². The van der Waals surface area contributed by atoms with Gasteiger partial charge in [0.05, 0.1) is 25.2 Å². The maximum Gasteiger partial charge on any atom is 0.697 e. The number of aromatic amines is 1. The number of halogens is 1. The summed E-state index contributed by atoms with van der Waals surface area (Å²) in [5.74, 6) is -0.0900. The zero-order chi connectivity index (χ0) is 32.5. The molecule has 6 heterocycles. The lowest BCUT2D eigenvalue weighted by atomic mass is 10.1. The number of rotatable bonds is 13. The molecule has 2 fully saturated rings. The van der Waals surface area contributed by atoms with Crippen molar-refractivity contribution in [3.63, 3.8) is 0 Å². The van der Waals surface area contributed by atoms with Gasteiger partial charge in [-0.25, -0.2) is 28.9 Å². The number of hydrogen-bond acceptors (Lipinski definition) is 18. The molecule has 24 heteroatoms. The highest BCUT2D eigenvalue weighted by molar-refractivity contribution is 7.80. The van der Waals surface area contributed by atoms with E-state index in [1.54, 1.807) is 0 Å². The van der Waals surface area contributed by atoms with Crippen LogP contribution in [0.25, 0.3) is 22.3 Å². The Balaban J connectivity index is 1.17. The Morgan fingerprint density at radius 3 is 2.50 bits per heavy atom. The van der Waals surface area contributed by atoms with Gasteiger partial charge in [-0.15, -0.1) is 9.05 Å². The second kappa shape index (κ2) is 13.8. The Kier molecular flexibility index (Phi) is 9.80. The van der Waals surface area contributed by atoms with E-state index < -0.39 is 71.6 Å². The van der Waals surface area contributed by atoms with Gasteiger partial charge in [0, 0.05) is 11.7 Å². The molecule has 0 bridgehead atoms. The van der Waals surface area contributed by atoms with Crippen LogP contribution in [0.4, 0.5) is 16.2 Å². The van der Waals surface area contributed by atoms with E-state index in [-0.39, 0.29) is 53.2 Å². The standard InChI is InChI=1S/C22H25FN10O10P2S/c1-37-14-9(42-21(15(14)38-7-46)33-6-29-12-18(33)30-22(25)31-19(12)34)3-40-45(36)43-13-8(2-39-44-35)41-20(10(13)23)32-5-28-11-16(24)26-4-27-17(11)32/h4-6,8-10,13-15,20-21H,2-3,7H2,1H3,(H5-,24,25,26,27,30,31,34,46)/p+1. The molecule has 0 amide bonds. The number of fused-ring (bicyclic) bond motifs is 2. The van der Waals surface area contributed by atoms with Crippen LogP contribution in [0, 0.1) is 0 Å². The second-order valence-corrected chi connectivity index (χ2v) is 11.4. The van der Waals surface area contributed by atoms with Crippen molar-refractivity contribution in [1.29, 1.82) is 0 Å². The van der Waals surface area contributed by atoms with Crippen LogP contribution in [0.5, 0.6) is 0 Å². The van der Waals surface area contributed by atoms with Crippen LogP contribution in [0.15, 0.2) is 23.8 Å². The predicted molar refractivity (Wildman–Crippen MR) is 157 cm³/mol. The number of alkyl halides is 1. The Morgan fingerprint density at radius 1 is 1.04 bits per heavy atom. The average Bonchev–Trinajstić information content (AvgIpc) is 3.80. The summed E-state index contributed by atoms with van der Waals surface area (Å²) in [6.45, 7) is -0.738. The quantitative estimate of drug-likeness (QED) is 0.0854. The maximum atomic E-state index is 15.9. The van der Waals surface area contributed by atoms with Gasteiger partial charge in [0.25, 0.3) is 5.56 Å². The van der Waals surface area contributed by atoms with E-state index in [9.17, 15) is 13.9 Å². The zero-order valence-electron chi connectivity index (χ0n) is 23.6. The number of nitrogens with one attached hydrogen (secondary N) is 1. The number of ether oxygens (including phenoxy) is 4. The van der Waals surface area contributed by atoms with E-state index in [4.69, 9.17) is 44.0 Å². The van der Waals surface area contributed by atoms with Gasteiger partial charge < -0.3 is 30.4 Å². The molecule has 2 aliphatic heterocycles. The number of imidazole rings is 2. The van der Waals surface area contributed by atoms with Crippen molar-refractivity contribution in [2.45, 2.75) is 49.1 Å². The molecule has 46 heavy (non-hydrogen) atoms. The first-order valence-electron chi connectivity index (χ1n) is 13.3. The summed E-state index contributed by atoms with van der Waals surface area (Å²) in [7, 11) is -2.27. The molecule has 2 saturated heterocycles. The van der Waals surface area contributed by atoms with Gasteiger partial charge in [-0.3, -0.25) is 23.4 Å². The van der Waals surface area contributed by atoms with Crippen molar-refractivity contribution in [2.75, 3.05) is 37.7 Å². The van der Waals surface area contributed by atoms with Crippen LogP contribution in [0.2, 0.25) is 0 Å². The van der Waals surface area contributed by atoms with Gasteiger partial charge in [0.2, 0.25) is 5.95 Å². The fourth-order valence-corrected chi connectivity index (χ4v) is 6.51. The summed E-state index contributed by atoms with van der Waals surface area (Å²) in [4.78, 5) is 35.0. The summed E-state index contributed by atoms with van der Waals surface area (Å²) >= 11 is 4.15. The molecule has 2 aliphatic rings. The highest BCUT2D eigenvalue weighted by atomic mass is 32.1. The van der Waals surface area contributed by atoms with Crippen molar-refractivity contribution in [1.82, 2.24) is 39.0 Å². The SMILES string of the molecule is COC1C(CO[P+](=O)OC2C(COP=O)OC(n3cnc4c(N)ncnc43)C2F)OC(n2cnc3c(=O)[nH]c(N)nc32)C1OCS. The smallest absolute Gasteiger partial charge is 0.382 e. The minimum Gasteiger partial charge on any atom is -0.382 e. The Bertz CT molecular complexity index is 1800. The lowest BCUT2D eigenvalue weighted by molar-refractivity contribution is -0.0601. The topological polar surface area (TPSA) is 258 Å². The van der Waals surface area contributed by atoms with Gasteiger partial charge in [0.1, 0.15) is 42.9 Å². The molecule has 246 valence electrons. The van der Waals surface area contributed by atoms with Crippen LogP contribution >= 0.6 is 29.6 Å². The molecule has 0 aromatic carbocycles. The van der Waals surface area contributed by atoms with Crippen molar-refractivity contribution in [3.8, 4) is 0 Å². The van der Waals surface area contributed by atoms with Gasteiger partial charge >= 0.3 is 16.9 Å². The molecule has 0 aliphatic carbocycles. The van der Waals surface area contributed by atoms with Gasteiger partial charge in [-0.2, -0.15) is 17.6 Å². The fourth-order valence-electron chi connectivity index (χ4n) is 5.35. The molecule has 4 aromatic heterocycles. The predicted octanol–water partition coefficient (Wildman–Crippen LogP) is 0.827. The van der Waals surface area contributed by atoms with E-state index >= 15 is 4.39 Å². The summed E-state index contributed by atoms with van der Waals surface area (Å²) in [6, 6.07) is 0. The van der Waals surface area contributed by atoms with Crippen LogP contribution in [0.3, 0.4) is 0 Å². The molecule has 4 aromatic rings. The third-order valence-electron chi connectivity index (χ3n) is 7.32. The Labute approximate surface area is 264 Å². The monoisotopic (exact) mass is 703 g/mol. The van der Waals surface area contributed by atoms with Crippen LogP contribution in [0.1, 0.15) is 12.5 Å². The Hall–Kier alpha value is -3.30.